The molecule has 4 atom stereocenters. The van der Waals surface area contributed by atoms with Crippen LogP contribution in [0.25, 0.3) is 0 Å². The number of likely N-dealkylation sites (tertiary alicyclic amines) is 1. The second-order valence-electron chi connectivity index (χ2n) is 8.67. The second-order valence-corrected chi connectivity index (χ2v) is 8.67. The first-order chi connectivity index (χ1) is 14.5. The first-order valence-electron chi connectivity index (χ1n) is 11.2. The minimum Gasteiger partial charge on any atom is -0.463 e. The van der Waals surface area contributed by atoms with Gasteiger partial charge in [0, 0.05) is 19.7 Å². The quantitative estimate of drug-likeness (QED) is 0.414. The fourth-order valence-corrected chi connectivity index (χ4v) is 3.86. The fraction of sp³-hybridized carbons (Fsp3) is 0.783. The number of nitrogens with one attached hydrogen (secondary N) is 1. The monoisotopic (exact) mass is 439 g/mol. The van der Waals surface area contributed by atoms with Gasteiger partial charge in [0.15, 0.2) is 0 Å². The maximum absolute atomic E-state index is 13.4. The van der Waals surface area contributed by atoms with Gasteiger partial charge in [0.25, 0.3) is 0 Å². The van der Waals surface area contributed by atoms with Crippen LogP contribution in [0.2, 0.25) is 0 Å². The van der Waals surface area contributed by atoms with E-state index in [1.165, 1.54) is 7.11 Å². The van der Waals surface area contributed by atoms with E-state index in [1.807, 2.05) is 25.8 Å². The van der Waals surface area contributed by atoms with Crippen molar-refractivity contribution in [2.24, 2.45) is 5.92 Å². The fourth-order valence-electron chi connectivity index (χ4n) is 3.86. The Bertz CT molecular complexity index is 649. The van der Waals surface area contributed by atoms with Crippen molar-refractivity contribution in [3.8, 4) is 0 Å². The van der Waals surface area contributed by atoms with Crippen LogP contribution < -0.4 is 5.32 Å². The highest BCUT2D eigenvalue weighted by Crippen LogP contribution is 2.18. The number of amides is 2. The van der Waals surface area contributed by atoms with Crippen LogP contribution in [0.15, 0.2) is 11.6 Å². The van der Waals surface area contributed by atoms with Gasteiger partial charge in [0.2, 0.25) is 11.8 Å². The molecule has 1 aliphatic rings. The van der Waals surface area contributed by atoms with Crippen molar-refractivity contribution in [3.05, 3.63) is 11.6 Å². The molecule has 2 amide bonds. The molecule has 8 heteroatoms. The van der Waals surface area contributed by atoms with Crippen LogP contribution in [0.3, 0.4) is 0 Å². The summed E-state index contributed by atoms with van der Waals surface area (Å²) in [6.45, 7) is 10.3. The zero-order chi connectivity index (χ0) is 23.7. The highest BCUT2D eigenvalue weighted by atomic mass is 16.5. The molecule has 178 valence electrons. The van der Waals surface area contributed by atoms with E-state index in [2.05, 4.69) is 5.32 Å². The minimum absolute atomic E-state index is 0.0528. The predicted octanol–water partition coefficient (Wildman–Crippen LogP) is 1.98. The number of piperidine rings is 1. The van der Waals surface area contributed by atoms with Crippen LogP contribution in [0.1, 0.15) is 53.9 Å². The molecule has 0 saturated carbocycles. The average Bonchev–Trinajstić information content (AvgIpc) is 2.74. The second kappa shape index (κ2) is 12.8. The number of carbonyl (C=O) groups excluding carboxylic acids is 3. The third-order valence-corrected chi connectivity index (χ3v) is 5.97. The molecule has 8 nitrogen and oxygen atoms in total. The molecule has 0 bridgehead atoms. The molecular formula is C23H41N3O5. The van der Waals surface area contributed by atoms with E-state index in [1.54, 1.807) is 38.8 Å². The largest absolute Gasteiger partial charge is 0.463 e. The predicted molar refractivity (Wildman–Crippen MR) is 120 cm³/mol. The number of hydrogen-bond acceptors (Lipinski definition) is 6. The van der Waals surface area contributed by atoms with Crippen molar-refractivity contribution < 1.29 is 23.9 Å². The number of carbonyl (C=O) groups is 3. The Kier molecular flexibility index (Phi) is 11.2. The lowest BCUT2D eigenvalue weighted by Crippen LogP contribution is -2.59. The Balaban J connectivity index is 3.06. The summed E-state index contributed by atoms with van der Waals surface area (Å²) in [5.74, 6) is -0.758. The number of likely N-dealkylation sites (N-methyl/N-ethyl adjacent to an activating group) is 2. The van der Waals surface area contributed by atoms with E-state index in [4.69, 9.17) is 9.47 Å². The first kappa shape index (κ1) is 27.1. The van der Waals surface area contributed by atoms with Crippen molar-refractivity contribution in [1.82, 2.24) is 15.1 Å². The van der Waals surface area contributed by atoms with Crippen LogP contribution in [-0.2, 0) is 23.9 Å². The third-order valence-electron chi connectivity index (χ3n) is 5.97. The van der Waals surface area contributed by atoms with E-state index in [9.17, 15) is 14.4 Å². The number of esters is 1. The summed E-state index contributed by atoms with van der Waals surface area (Å²) in [5.41, 5.74) is 0.449. The van der Waals surface area contributed by atoms with Crippen molar-refractivity contribution in [1.29, 1.82) is 0 Å². The molecule has 1 N–H and O–H groups in total. The average molecular weight is 440 g/mol. The summed E-state index contributed by atoms with van der Waals surface area (Å²) in [5, 5.41) is 2.93. The Morgan fingerprint density at radius 3 is 2.39 bits per heavy atom. The van der Waals surface area contributed by atoms with E-state index in [0.29, 0.717) is 12.2 Å². The summed E-state index contributed by atoms with van der Waals surface area (Å²) in [6.07, 6.45) is 4.09. The van der Waals surface area contributed by atoms with Gasteiger partial charge >= 0.3 is 5.97 Å². The van der Waals surface area contributed by atoms with Gasteiger partial charge < -0.3 is 19.7 Å². The van der Waals surface area contributed by atoms with Crippen molar-refractivity contribution in [2.45, 2.75) is 78.1 Å². The molecule has 1 unspecified atom stereocenters. The lowest BCUT2D eigenvalue weighted by atomic mass is 9.98. The SMILES string of the molecule is CCOC(=O)/C(C)=C/[C@H](C(C)C)N(C)C(=O)[C@@H](NC(=O)C1CCCCN1C)[C@@H](C)OC. The molecule has 0 spiro atoms. The first-order valence-corrected chi connectivity index (χ1v) is 11.2. The standard InChI is InChI=1S/C23H41N3O5/c1-9-31-23(29)16(4)14-19(15(2)3)26(7)22(28)20(17(5)30-8)24-21(27)18-12-10-11-13-25(18)6/h14-15,17-20H,9-13H2,1-8H3,(H,24,27)/b16-14+/t17-,18?,19-,20+/m1/s1. The molecule has 0 aliphatic carbocycles. The van der Waals surface area contributed by atoms with Crippen LogP contribution in [0, 0.1) is 5.92 Å². The minimum atomic E-state index is -0.824. The van der Waals surface area contributed by atoms with Crippen LogP contribution in [-0.4, -0.2) is 86.2 Å². The molecule has 0 radical (unpaired) electrons. The maximum Gasteiger partial charge on any atom is 0.333 e. The molecule has 0 aromatic rings. The van der Waals surface area contributed by atoms with E-state index in [0.717, 1.165) is 25.8 Å². The Hall–Kier alpha value is -1.93. The van der Waals surface area contributed by atoms with Gasteiger partial charge in [-0.15, -0.1) is 0 Å². The summed E-state index contributed by atoms with van der Waals surface area (Å²) in [7, 11) is 5.15. The molecule has 0 aromatic carbocycles. The number of ether oxygens (including phenoxy) is 2. The van der Waals surface area contributed by atoms with E-state index >= 15 is 0 Å². The molecule has 1 aliphatic heterocycles. The molecule has 1 heterocycles. The summed E-state index contributed by atoms with van der Waals surface area (Å²) < 4.78 is 10.5. The number of methoxy groups -OCH3 is 1. The van der Waals surface area contributed by atoms with Gasteiger partial charge in [-0.3, -0.25) is 14.5 Å². The lowest BCUT2D eigenvalue weighted by molar-refractivity contribution is -0.142. The smallest absolute Gasteiger partial charge is 0.333 e. The summed E-state index contributed by atoms with van der Waals surface area (Å²) in [6, 6.07) is -1.40. The van der Waals surface area contributed by atoms with Crippen molar-refractivity contribution in [3.63, 3.8) is 0 Å². The van der Waals surface area contributed by atoms with Crippen LogP contribution in [0.4, 0.5) is 0 Å². The third kappa shape index (κ3) is 7.61. The van der Waals surface area contributed by atoms with Crippen LogP contribution in [0.5, 0.6) is 0 Å². The molecule has 0 aromatic heterocycles. The summed E-state index contributed by atoms with van der Waals surface area (Å²) in [4.78, 5) is 42.1. The molecular weight excluding hydrogens is 398 g/mol. The van der Waals surface area contributed by atoms with Gasteiger partial charge in [-0.05, 0) is 53.1 Å². The zero-order valence-corrected chi connectivity index (χ0v) is 20.4. The lowest BCUT2D eigenvalue weighted by Gasteiger charge is -2.36. The van der Waals surface area contributed by atoms with Gasteiger partial charge in [0.05, 0.1) is 24.8 Å². The number of rotatable bonds is 10. The molecule has 31 heavy (non-hydrogen) atoms. The van der Waals surface area contributed by atoms with Gasteiger partial charge in [-0.1, -0.05) is 26.3 Å². The van der Waals surface area contributed by atoms with Crippen molar-refractivity contribution >= 4 is 17.8 Å². The number of nitrogens with zero attached hydrogens (tertiary/aromatic N) is 2. The Morgan fingerprint density at radius 1 is 1.23 bits per heavy atom. The highest BCUT2D eigenvalue weighted by Gasteiger charge is 2.35. The Morgan fingerprint density at radius 2 is 1.87 bits per heavy atom. The maximum atomic E-state index is 13.4. The van der Waals surface area contributed by atoms with Crippen LogP contribution >= 0.6 is 0 Å². The Labute approximate surface area is 187 Å². The van der Waals surface area contributed by atoms with Crippen molar-refractivity contribution in [2.75, 3.05) is 34.4 Å². The molecule has 1 fully saturated rings. The van der Waals surface area contributed by atoms with Gasteiger partial charge in [-0.25, -0.2) is 4.79 Å². The molecule has 1 saturated heterocycles. The zero-order valence-electron chi connectivity index (χ0n) is 20.4. The molecule has 1 rings (SSSR count). The van der Waals surface area contributed by atoms with E-state index in [-0.39, 0.29) is 29.8 Å². The summed E-state index contributed by atoms with van der Waals surface area (Å²) >= 11 is 0. The normalized spacial score (nSPS) is 20.7. The van der Waals surface area contributed by atoms with Gasteiger partial charge in [-0.2, -0.15) is 0 Å². The van der Waals surface area contributed by atoms with E-state index < -0.39 is 18.1 Å². The highest BCUT2D eigenvalue weighted by molar-refractivity contribution is 5.91. The topological polar surface area (TPSA) is 88.2 Å². The van der Waals surface area contributed by atoms with Gasteiger partial charge in [0.1, 0.15) is 6.04 Å². The number of hydrogen-bond donors (Lipinski definition) is 1.